The molecule has 1 N–H and O–H groups in total. The van der Waals surface area contributed by atoms with Gasteiger partial charge in [-0.1, -0.05) is 48.5 Å². The maximum atomic E-state index is 3.85. The summed E-state index contributed by atoms with van der Waals surface area (Å²) < 4.78 is 4.77. The summed E-state index contributed by atoms with van der Waals surface area (Å²) in [6.45, 7) is 4.04. The lowest BCUT2D eigenvalue weighted by atomic mass is 9.97. The molecule has 150 valence electrons. The summed E-state index contributed by atoms with van der Waals surface area (Å²) in [5.74, 6) is 0. The van der Waals surface area contributed by atoms with Gasteiger partial charge < -0.3 is 14.5 Å². The first-order valence-corrected chi connectivity index (χ1v) is 10.4. The molecule has 0 saturated carbocycles. The van der Waals surface area contributed by atoms with Gasteiger partial charge in [-0.15, -0.1) is 12.4 Å². The molecule has 0 amide bonds. The van der Waals surface area contributed by atoms with Crippen molar-refractivity contribution in [2.24, 2.45) is 0 Å². The summed E-state index contributed by atoms with van der Waals surface area (Å²) in [4.78, 5) is 0. The third-order valence-electron chi connectivity index (χ3n) is 6.28. The minimum atomic E-state index is 0. The Balaban J connectivity index is 0.00000193. The summed E-state index contributed by atoms with van der Waals surface area (Å²) in [5, 5.41) is 6.55. The van der Waals surface area contributed by atoms with Crippen LogP contribution >= 0.6 is 12.4 Å². The van der Waals surface area contributed by atoms with E-state index in [-0.39, 0.29) is 18.4 Å². The number of benzene rings is 3. The lowest BCUT2D eigenvalue weighted by molar-refractivity contribution is 0.604. The van der Waals surface area contributed by atoms with E-state index in [4.69, 9.17) is 0 Å². The number of hydrogen-bond acceptors (Lipinski definition) is 1. The molecule has 30 heavy (non-hydrogen) atoms. The van der Waals surface area contributed by atoms with Crippen molar-refractivity contribution in [1.29, 1.82) is 0 Å². The second-order valence-electron chi connectivity index (χ2n) is 7.75. The number of nitrogens with one attached hydrogen (secondary N) is 1. The zero-order valence-electron chi connectivity index (χ0n) is 16.9. The molecule has 1 aliphatic heterocycles. The van der Waals surface area contributed by atoms with E-state index in [1.165, 1.54) is 44.3 Å². The standard InChI is InChI=1S/C26H23N3.ClH/c1-2-28-22-13-6-4-10-19(22)25-20(11-7-14-23(25)28)26-24-15-8-16-29(24)21-12-5-3-9-18(21)17-27-26;/h3-16,26-27H,2,17H2,1H3;1H. The van der Waals surface area contributed by atoms with Gasteiger partial charge in [0, 0.05) is 52.5 Å². The molecule has 0 aliphatic carbocycles. The van der Waals surface area contributed by atoms with Crippen LogP contribution in [0, 0.1) is 0 Å². The third kappa shape index (κ3) is 2.63. The van der Waals surface area contributed by atoms with Crippen molar-refractivity contribution in [2.75, 3.05) is 0 Å². The van der Waals surface area contributed by atoms with Crippen molar-refractivity contribution in [3.05, 3.63) is 102 Å². The predicted molar refractivity (Wildman–Crippen MR) is 127 cm³/mol. The highest BCUT2D eigenvalue weighted by Gasteiger charge is 2.25. The SMILES string of the molecule is CCn1c2ccccc2c2c(C3NCc4ccccc4-n4cccc43)cccc21.Cl. The Morgan fingerprint density at radius 2 is 1.67 bits per heavy atom. The molecule has 1 atom stereocenters. The van der Waals surface area contributed by atoms with Gasteiger partial charge in [-0.3, -0.25) is 0 Å². The van der Waals surface area contributed by atoms with Gasteiger partial charge in [0.25, 0.3) is 0 Å². The Labute approximate surface area is 182 Å². The summed E-state index contributed by atoms with van der Waals surface area (Å²) in [5.41, 5.74) is 7.85. The number of halogens is 1. The first-order valence-electron chi connectivity index (χ1n) is 10.4. The molecule has 2 aromatic heterocycles. The maximum Gasteiger partial charge on any atom is 0.0744 e. The van der Waals surface area contributed by atoms with Crippen LogP contribution in [0.4, 0.5) is 0 Å². The van der Waals surface area contributed by atoms with Gasteiger partial charge in [-0.2, -0.15) is 0 Å². The molecule has 3 aromatic carbocycles. The zero-order chi connectivity index (χ0) is 19.4. The molecule has 1 unspecified atom stereocenters. The van der Waals surface area contributed by atoms with E-state index in [0.29, 0.717) is 0 Å². The minimum Gasteiger partial charge on any atom is -0.341 e. The highest BCUT2D eigenvalue weighted by atomic mass is 35.5. The molecular formula is C26H24ClN3. The van der Waals surface area contributed by atoms with Crippen molar-refractivity contribution < 1.29 is 0 Å². The molecule has 0 fully saturated rings. The van der Waals surface area contributed by atoms with Crippen LogP contribution in [0.1, 0.15) is 29.8 Å². The van der Waals surface area contributed by atoms with Crippen molar-refractivity contribution in [1.82, 2.24) is 14.5 Å². The molecule has 0 radical (unpaired) electrons. The molecule has 3 heterocycles. The third-order valence-corrected chi connectivity index (χ3v) is 6.28. The Morgan fingerprint density at radius 3 is 2.57 bits per heavy atom. The molecule has 0 spiro atoms. The van der Waals surface area contributed by atoms with E-state index < -0.39 is 0 Å². The molecule has 3 nitrogen and oxygen atoms in total. The van der Waals surface area contributed by atoms with Crippen LogP contribution in [-0.4, -0.2) is 9.13 Å². The fourth-order valence-electron chi connectivity index (χ4n) is 5.04. The van der Waals surface area contributed by atoms with Crippen LogP contribution in [-0.2, 0) is 13.1 Å². The van der Waals surface area contributed by atoms with E-state index >= 15 is 0 Å². The predicted octanol–water partition coefficient (Wildman–Crippen LogP) is 6.22. The fourth-order valence-corrected chi connectivity index (χ4v) is 5.04. The summed E-state index contributed by atoms with van der Waals surface area (Å²) >= 11 is 0. The highest BCUT2D eigenvalue weighted by molar-refractivity contribution is 6.10. The topological polar surface area (TPSA) is 21.9 Å². The molecule has 0 saturated heterocycles. The quantitative estimate of drug-likeness (QED) is 0.364. The number of nitrogens with zero attached hydrogens (tertiary/aromatic N) is 2. The van der Waals surface area contributed by atoms with Crippen molar-refractivity contribution >= 4 is 34.2 Å². The van der Waals surface area contributed by atoms with Gasteiger partial charge in [0.1, 0.15) is 0 Å². The van der Waals surface area contributed by atoms with Gasteiger partial charge in [0.2, 0.25) is 0 Å². The van der Waals surface area contributed by atoms with E-state index in [9.17, 15) is 0 Å². The lowest BCUT2D eigenvalue weighted by Gasteiger charge is -2.19. The molecule has 1 aliphatic rings. The first-order chi connectivity index (χ1) is 14.4. The van der Waals surface area contributed by atoms with Gasteiger partial charge in [0.05, 0.1) is 6.04 Å². The molecular weight excluding hydrogens is 390 g/mol. The monoisotopic (exact) mass is 413 g/mol. The lowest BCUT2D eigenvalue weighted by Crippen LogP contribution is -2.21. The maximum absolute atomic E-state index is 3.85. The zero-order valence-corrected chi connectivity index (χ0v) is 17.7. The Bertz CT molecular complexity index is 1360. The summed E-state index contributed by atoms with van der Waals surface area (Å²) in [6.07, 6.45) is 2.18. The Morgan fingerprint density at radius 1 is 0.867 bits per heavy atom. The molecule has 6 rings (SSSR count). The number of aromatic nitrogens is 2. The van der Waals surface area contributed by atoms with Crippen molar-refractivity contribution in [3.63, 3.8) is 0 Å². The first kappa shape index (κ1) is 19.0. The summed E-state index contributed by atoms with van der Waals surface area (Å²) in [6, 6.07) is 28.8. The number of para-hydroxylation sites is 2. The van der Waals surface area contributed by atoms with Crippen LogP contribution in [0.5, 0.6) is 0 Å². The van der Waals surface area contributed by atoms with E-state index in [2.05, 4.69) is 106 Å². The average Bonchev–Trinajstić information content (AvgIpc) is 3.33. The van der Waals surface area contributed by atoms with Gasteiger partial charge in [-0.25, -0.2) is 0 Å². The fraction of sp³-hybridized carbons (Fsp3) is 0.154. The van der Waals surface area contributed by atoms with Crippen LogP contribution in [0.15, 0.2) is 85.1 Å². The second-order valence-corrected chi connectivity index (χ2v) is 7.75. The average molecular weight is 414 g/mol. The number of fused-ring (bicyclic) bond motifs is 6. The minimum absolute atomic E-state index is 0. The second kappa shape index (κ2) is 7.35. The van der Waals surface area contributed by atoms with Gasteiger partial charge >= 0.3 is 0 Å². The van der Waals surface area contributed by atoms with Crippen LogP contribution in [0.2, 0.25) is 0 Å². The van der Waals surface area contributed by atoms with Gasteiger partial charge in [-0.05, 0) is 48.4 Å². The molecule has 0 bridgehead atoms. The van der Waals surface area contributed by atoms with Crippen LogP contribution in [0.25, 0.3) is 27.5 Å². The van der Waals surface area contributed by atoms with E-state index in [1.54, 1.807) is 0 Å². The number of aryl methyl sites for hydroxylation is 1. The normalized spacial score (nSPS) is 15.4. The van der Waals surface area contributed by atoms with Crippen LogP contribution < -0.4 is 5.32 Å². The highest BCUT2D eigenvalue weighted by Crippen LogP contribution is 2.38. The Kier molecular flexibility index (Phi) is 4.65. The Hall–Kier alpha value is -3.01. The van der Waals surface area contributed by atoms with Crippen LogP contribution in [0.3, 0.4) is 0 Å². The van der Waals surface area contributed by atoms with Crippen molar-refractivity contribution in [3.8, 4) is 5.69 Å². The van der Waals surface area contributed by atoms with E-state index in [1.807, 2.05) is 0 Å². The van der Waals surface area contributed by atoms with E-state index in [0.717, 1.165) is 13.1 Å². The van der Waals surface area contributed by atoms with Crippen molar-refractivity contribution in [2.45, 2.75) is 26.1 Å². The largest absolute Gasteiger partial charge is 0.341 e. The van der Waals surface area contributed by atoms with Gasteiger partial charge in [0.15, 0.2) is 0 Å². The molecule has 5 aromatic rings. The smallest absolute Gasteiger partial charge is 0.0744 e. The summed E-state index contributed by atoms with van der Waals surface area (Å²) in [7, 11) is 0. The number of rotatable bonds is 2. The number of hydrogen-bond donors (Lipinski definition) is 1. The molecule has 4 heteroatoms.